The fourth-order valence-corrected chi connectivity index (χ4v) is 1.37. The summed E-state index contributed by atoms with van der Waals surface area (Å²) in [6.45, 7) is 6.03. The van der Waals surface area contributed by atoms with Gasteiger partial charge in [0.15, 0.2) is 0 Å². The van der Waals surface area contributed by atoms with Crippen LogP contribution < -0.4 is 5.73 Å². The third kappa shape index (κ3) is 4.84. The average molecular weight is 207 g/mol. The van der Waals surface area contributed by atoms with Crippen LogP contribution in [-0.2, 0) is 11.2 Å². The molecule has 0 bridgehead atoms. The molecule has 0 amide bonds. The molecule has 0 unspecified atom stereocenters. The van der Waals surface area contributed by atoms with Gasteiger partial charge in [0.1, 0.15) is 0 Å². The first-order valence-corrected chi connectivity index (χ1v) is 5.61. The summed E-state index contributed by atoms with van der Waals surface area (Å²) in [5, 5.41) is 0. The van der Waals surface area contributed by atoms with E-state index >= 15 is 0 Å². The number of ether oxygens (including phenoxy) is 1. The Kier molecular flexibility index (Phi) is 5.19. The molecule has 2 heteroatoms. The molecule has 0 spiro atoms. The van der Waals surface area contributed by atoms with Crippen LogP contribution in [0.1, 0.15) is 25.8 Å². The second-order valence-corrected chi connectivity index (χ2v) is 4.24. The van der Waals surface area contributed by atoms with E-state index in [1.54, 1.807) is 0 Å². The Morgan fingerprint density at radius 1 is 1.20 bits per heavy atom. The first kappa shape index (κ1) is 12.1. The predicted octanol–water partition coefficient (Wildman–Crippen LogP) is 2.87. The van der Waals surface area contributed by atoms with Crippen molar-refractivity contribution < 1.29 is 4.74 Å². The number of rotatable bonds is 6. The van der Waals surface area contributed by atoms with E-state index in [-0.39, 0.29) is 0 Å². The molecule has 15 heavy (non-hydrogen) atoms. The fraction of sp³-hybridized carbons (Fsp3) is 0.538. The minimum atomic E-state index is 0.715. The second kappa shape index (κ2) is 6.46. The lowest BCUT2D eigenvalue weighted by atomic mass is 10.1. The van der Waals surface area contributed by atoms with Crippen LogP contribution in [-0.4, -0.2) is 13.2 Å². The van der Waals surface area contributed by atoms with Gasteiger partial charge in [-0.3, -0.25) is 0 Å². The molecule has 1 rings (SSSR count). The van der Waals surface area contributed by atoms with Gasteiger partial charge < -0.3 is 10.5 Å². The van der Waals surface area contributed by atoms with Gasteiger partial charge in [-0.25, -0.2) is 0 Å². The molecule has 0 atom stereocenters. The van der Waals surface area contributed by atoms with Gasteiger partial charge in [-0.05, 0) is 30.4 Å². The maximum atomic E-state index is 5.83. The van der Waals surface area contributed by atoms with Crippen molar-refractivity contribution in [3.8, 4) is 0 Å². The third-order valence-electron chi connectivity index (χ3n) is 2.41. The summed E-state index contributed by atoms with van der Waals surface area (Å²) in [6.07, 6.45) is 2.04. The van der Waals surface area contributed by atoms with Crippen molar-refractivity contribution in [1.82, 2.24) is 0 Å². The second-order valence-electron chi connectivity index (χ2n) is 4.24. The van der Waals surface area contributed by atoms with Crippen LogP contribution in [0.3, 0.4) is 0 Å². The van der Waals surface area contributed by atoms with Crippen molar-refractivity contribution in [2.75, 3.05) is 18.9 Å². The highest BCUT2D eigenvalue weighted by Gasteiger charge is 1.98. The largest absolute Gasteiger partial charge is 0.399 e. The van der Waals surface area contributed by atoms with Crippen molar-refractivity contribution in [1.29, 1.82) is 0 Å². The quantitative estimate of drug-likeness (QED) is 0.575. The summed E-state index contributed by atoms with van der Waals surface area (Å²) in [7, 11) is 0. The van der Waals surface area contributed by atoms with E-state index in [1.807, 2.05) is 18.2 Å². The molecular weight excluding hydrogens is 186 g/mol. The van der Waals surface area contributed by atoms with E-state index in [0.717, 1.165) is 31.7 Å². The SMILES string of the molecule is CC(C)CCOCCc1ccccc1N. The van der Waals surface area contributed by atoms with E-state index in [1.165, 1.54) is 5.56 Å². The zero-order valence-corrected chi connectivity index (χ0v) is 9.70. The van der Waals surface area contributed by atoms with Crippen LogP contribution in [0.15, 0.2) is 24.3 Å². The van der Waals surface area contributed by atoms with Crippen LogP contribution in [0.4, 0.5) is 5.69 Å². The van der Waals surface area contributed by atoms with E-state index in [4.69, 9.17) is 10.5 Å². The maximum Gasteiger partial charge on any atom is 0.0507 e. The number of hydrogen-bond acceptors (Lipinski definition) is 2. The zero-order valence-electron chi connectivity index (χ0n) is 9.70. The van der Waals surface area contributed by atoms with Gasteiger partial charge in [0.05, 0.1) is 6.61 Å². The average Bonchev–Trinajstić information content (AvgIpc) is 2.20. The number of nitrogens with two attached hydrogens (primary N) is 1. The summed E-state index contributed by atoms with van der Waals surface area (Å²) < 4.78 is 5.55. The molecular formula is C13H21NO. The molecule has 0 saturated carbocycles. The van der Waals surface area contributed by atoms with Crippen LogP contribution >= 0.6 is 0 Å². The molecule has 0 fully saturated rings. The molecule has 0 heterocycles. The molecule has 0 aromatic heterocycles. The lowest BCUT2D eigenvalue weighted by Crippen LogP contribution is -2.04. The molecule has 0 radical (unpaired) electrons. The number of hydrogen-bond donors (Lipinski definition) is 1. The van der Waals surface area contributed by atoms with Crippen LogP contribution in [0.2, 0.25) is 0 Å². The number of anilines is 1. The van der Waals surface area contributed by atoms with Crippen molar-refractivity contribution in [2.24, 2.45) is 5.92 Å². The van der Waals surface area contributed by atoms with Gasteiger partial charge in [0, 0.05) is 12.3 Å². The molecule has 0 aliphatic rings. The highest BCUT2D eigenvalue weighted by molar-refractivity contribution is 5.46. The number of benzene rings is 1. The lowest BCUT2D eigenvalue weighted by Gasteiger charge is -2.07. The standard InChI is InChI=1S/C13H21NO/c1-11(2)7-9-15-10-8-12-5-3-4-6-13(12)14/h3-6,11H,7-10,14H2,1-2H3. The Balaban J connectivity index is 2.18. The molecule has 2 N–H and O–H groups in total. The van der Waals surface area contributed by atoms with E-state index in [0.29, 0.717) is 5.92 Å². The van der Waals surface area contributed by atoms with Crippen LogP contribution in [0, 0.1) is 5.92 Å². The minimum Gasteiger partial charge on any atom is -0.399 e. The van der Waals surface area contributed by atoms with Gasteiger partial charge in [0.25, 0.3) is 0 Å². The van der Waals surface area contributed by atoms with Crippen molar-refractivity contribution in [3.63, 3.8) is 0 Å². The molecule has 0 saturated heterocycles. The molecule has 1 aromatic carbocycles. The summed E-state index contributed by atoms with van der Waals surface area (Å²) in [6, 6.07) is 7.96. The molecule has 1 aromatic rings. The van der Waals surface area contributed by atoms with E-state index in [2.05, 4.69) is 19.9 Å². The van der Waals surface area contributed by atoms with Gasteiger partial charge in [-0.15, -0.1) is 0 Å². The van der Waals surface area contributed by atoms with Crippen molar-refractivity contribution >= 4 is 5.69 Å². The number of nitrogen functional groups attached to an aromatic ring is 1. The highest BCUT2D eigenvalue weighted by atomic mass is 16.5. The monoisotopic (exact) mass is 207 g/mol. The van der Waals surface area contributed by atoms with Gasteiger partial charge in [-0.1, -0.05) is 32.0 Å². The Labute approximate surface area is 92.4 Å². The van der Waals surface area contributed by atoms with Gasteiger partial charge in [-0.2, -0.15) is 0 Å². The summed E-state index contributed by atoms with van der Waals surface area (Å²) in [5.74, 6) is 0.715. The van der Waals surface area contributed by atoms with Gasteiger partial charge >= 0.3 is 0 Å². The summed E-state index contributed by atoms with van der Waals surface area (Å²) in [4.78, 5) is 0. The maximum absolute atomic E-state index is 5.83. The van der Waals surface area contributed by atoms with E-state index < -0.39 is 0 Å². The zero-order chi connectivity index (χ0) is 11.1. The topological polar surface area (TPSA) is 35.2 Å². The Morgan fingerprint density at radius 2 is 1.93 bits per heavy atom. The normalized spacial score (nSPS) is 10.9. The van der Waals surface area contributed by atoms with Crippen LogP contribution in [0.5, 0.6) is 0 Å². The minimum absolute atomic E-state index is 0.715. The van der Waals surface area contributed by atoms with Crippen LogP contribution in [0.25, 0.3) is 0 Å². The first-order valence-electron chi connectivity index (χ1n) is 5.61. The molecule has 2 nitrogen and oxygen atoms in total. The third-order valence-corrected chi connectivity index (χ3v) is 2.41. The van der Waals surface area contributed by atoms with Gasteiger partial charge in [0.2, 0.25) is 0 Å². The highest BCUT2D eigenvalue weighted by Crippen LogP contribution is 2.11. The smallest absolute Gasteiger partial charge is 0.0507 e. The Hall–Kier alpha value is -1.02. The first-order chi connectivity index (χ1) is 7.20. The summed E-state index contributed by atoms with van der Waals surface area (Å²) in [5.41, 5.74) is 7.88. The number of para-hydroxylation sites is 1. The molecule has 0 aliphatic carbocycles. The van der Waals surface area contributed by atoms with Crippen molar-refractivity contribution in [2.45, 2.75) is 26.7 Å². The Bertz CT molecular complexity index is 284. The molecule has 84 valence electrons. The van der Waals surface area contributed by atoms with Crippen molar-refractivity contribution in [3.05, 3.63) is 29.8 Å². The summed E-state index contributed by atoms with van der Waals surface area (Å²) >= 11 is 0. The predicted molar refractivity (Wildman–Crippen MR) is 64.8 cm³/mol. The lowest BCUT2D eigenvalue weighted by molar-refractivity contribution is 0.126. The Morgan fingerprint density at radius 3 is 2.60 bits per heavy atom. The molecule has 0 aliphatic heterocycles. The fourth-order valence-electron chi connectivity index (χ4n) is 1.37. The van der Waals surface area contributed by atoms with E-state index in [9.17, 15) is 0 Å².